The van der Waals surface area contributed by atoms with Crippen molar-refractivity contribution in [1.29, 1.82) is 0 Å². The molecule has 1 unspecified atom stereocenters. The number of amides is 1. The van der Waals surface area contributed by atoms with Gasteiger partial charge in [0.05, 0.1) is 27.4 Å². The summed E-state index contributed by atoms with van der Waals surface area (Å²) in [4.78, 5) is 14.8. The van der Waals surface area contributed by atoms with Crippen LogP contribution in [0.25, 0.3) is 0 Å². The van der Waals surface area contributed by atoms with Crippen LogP contribution in [0.3, 0.4) is 0 Å². The van der Waals surface area contributed by atoms with E-state index in [1.807, 2.05) is 61.2 Å². The Morgan fingerprint density at radius 2 is 1.59 bits per heavy atom. The third kappa shape index (κ3) is 5.39. The Hall–Kier alpha value is -2.69. The zero-order chi connectivity index (χ0) is 19.8. The first-order valence-electron chi connectivity index (χ1n) is 9.17. The van der Waals surface area contributed by atoms with Crippen molar-refractivity contribution in [2.24, 2.45) is 0 Å². The molecule has 0 N–H and O–H groups in total. The van der Waals surface area contributed by atoms with E-state index in [4.69, 9.17) is 14.2 Å². The predicted octanol–water partition coefficient (Wildman–Crippen LogP) is 4.25. The lowest BCUT2D eigenvalue weighted by molar-refractivity contribution is -0.133. The van der Waals surface area contributed by atoms with Gasteiger partial charge in [0.25, 0.3) is 0 Å². The fraction of sp³-hybridized carbons (Fsp3) is 0.409. The second-order valence-electron chi connectivity index (χ2n) is 6.35. The highest BCUT2D eigenvalue weighted by atomic mass is 16.5. The van der Waals surface area contributed by atoms with Gasteiger partial charge in [-0.15, -0.1) is 0 Å². The molecule has 0 spiro atoms. The van der Waals surface area contributed by atoms with Crippen molar-refractivity contribution in [3.05, 3.63) is 53.6 Å². The second kappa shape index (κ2) is 9.86. The number of ether oxygens (including phenoxy) is 3. The van der Waals surface area contributed by atoms with E-state index in [1.165, 1.54) is 0 Å². The molecule has 0 aliphatic rings. The molecule has 0 saturated heterocycles. The van der Waals surface area contributed by atoms with E-state index in [2.05, 4.69) is 0 Å². The minimum atomic E-state index is -0.0163. The van der Waals surface area contributed by atoms with Crippen LogP contribution >= 0.6 is 0 Å². The average molecular weight is 371 g/mol. The molecule has 146 valence electrons. The smallest absolute Gasteiger partial charge is 0.223 e. The van der Waals surface area contributed by atoms with Gasteiger partial charge in [-0.05, 0) is 55.7 Å². The molecule has 0 aliphatic heterocycles. The maximum Gasteiger partial charge on any atom is 0.223 e. The lowest BCUT2D eigenvalue weighted by Crippen LogP contribution is -2.33. The highest BCUT2D eigenvalue weighted by Crippen LogP contribution is 2.26. The Bertz CT molecular complexity index is 737. The molecular weight excluding hydrogens is 342 g/mol. The van der Waals surface area contributed by atoms with Gasteiger partial charge in [-0.3, -0.25) is 4.79 Å². The summed E-state index contributed by atoms with van der Waals surface area (Å²) in [7, 11) is 4.89. The van der Waals surface area contributed by atoms with Gasteiger partial charge in [-0.1, -0.05) is 12.1 Å². The van der Waals surface area contributed by atoms with E-state index in [0.29, 0.717) is 19.4 Å². The maximum atomic E-state index is 12.9. The van der Waals surface area contributed by atoms with Gasteiger partial charge in [0.15, 0.2) is 0 Å². The van der Waals surface area contributed by atoms with Gasteiger partial charge in [-0.25, -0.2) is 0 Å². The Labute approximate surface area is 161 Å². The van der Waals surface area contributed by atoms with Gasteiger partial charge in [0, 0.05) is 19.0 Å². The number of aryl methyl sites for hydroxylation is 1. The van der Waals surface area contributed by atoms with Crippen molar-refractivity contribution in [2.45, 2.75) is 32.7 Å². The molecule has 1 atom stereocenters. The molecule has 5 nitrogen and oxygen atoms in total. The van der Waals surface area contributed by atoms with E-state index in [0.717, 1.165) is 28.4 Å². The van der Waals surface area contributed by atoms with Crippen LogP contribution in [0.1, 0.15) is 37.4 Å². The number of hydrogen-bond acceptors (Lipinski definition) is 4. The maximum absolute atomic E-state index is 12.9. The van der Waals surface area contributed by atoms with Gasteiger partial charge in [-0.2, -0.15) is 0 Å². The van der Waals surface area contributed by atoms with Gasteiger partial charge >= 0.3 is 0 Å². The van der Waals surface area contributed by atoms with E-state index >= 15 is 0 Å². The van der Waals surface area contributed by atoms with Crippen LogP contribution in [0.2, 0.25) is 0 Å². The number of carbonyl (C=O) groups is 1. The predicted molar refractivity (Wildman–Crippen MR) is 107 cm³/mol. The number of methoxy groups -OCH3 is 3. The molecule has 5 heteroatoms. The summed E-state index contributed by atoms with van der Waals surface area (Å²) in [6.45, 7) is 4.70. The Morgan fingerprint density at radius 1 is 0.963 bits per heavy atom. The number of rotatable bonds is 9. The number of benzene rings is 2. The molecular formula is C22H29NO4. The summed E-state index contributed by atoms with van der Waals surface area (Å²) < 4.78 is 15.9. The molecule has 0 heterocycles. The van der Waals surface area contributed by atoms with Crippen LogP contribution < -0.4 is 14.2 Å². The largest absolute Gasteiger partial charge is 0.497 e. The van der Waals surface area contributed by atoms with Crippen molar-refractivity contribution in [3.63, 3.8) is 0 Å². The van der Waals surface area contributed by atoms with E-state index in [1.54, 1.807) is 21.3 Å². The van der Waals surface area contributed by atoms with Gasteiger partial charge in [0.1, 0.15) is 17.2 Å². The minimum absolute atomic E-state index is 0.0163. The lowest BCUT2D eigenvalue weighted by Gasteiger charge is -2.29. The Balaban J connectivity index is 2.08. The topological polar surface area (TPSA) is 48.0 Å². The zero-order valence-corrected chi connectivity index (χ0v) is 16.8. The summed E-state index contributed by atoms with van der Waals surface area (Å²) >= 11 is 0. The van der Waals surface area contributed by atoms with E-state index < -0.39 is 0 Å². The van der Waals surface area contributed by atoms with Crippen molar-refractivity contribution in [3.8, 4) is 17.2 Å². The molecule has 0 fully saturated rings. The molecule has 0 aliphatic carbocycles. The lowest BCUT2D eigenvalue weighted by atomic mass is 10.0. The quantitative estimate of drug-likeness (QED) is 0.661. The van der Waals surface area contributed by atoms with Crippen molar-refractivity contribution in [2.75, 3.05) is 27.9 Å². The molecule has 0 saturated carbocycles. The first-order valence-corrected chi connectivity index (χ1v) is 9.17. The van der Waals surface area contributed by atoms with E-state index in [-0.39, 0.29) is 11.9 Å². The van der Waals surface area contributed by atoms with Crippen molar-refractivity contribution >= 4 is 5.91 Å². The van der Waals surface area contributed by atoms with Crippen LogP contribution in [-0.4, -0.2) is 38.7 Å². The van der Waals surface area contributed by atoms with Crippen molar-refractivity contribution < 1.29 is 19.0 Å². The molecule has 0 aromatic heterocycles. The SMILES string of the molecule is CCN(C(=O)CCc1cc(OC)cc(OC)c1)C(C)c1cccc(OC)c1. The van der Waals surface area contributed by atoms with Gasteiger partial charge in [0.2, 0.25) is 5.91 Å². The normalized spacial score (nSPS) is 11.6. The molecule has 2 aromatic carbocycles. The first kappa shape index (κ1) is 20.6. The van der Waals surface area contributed by atoms with Crippen LogP contribution in [0.4, 0.5) is 0 Å². The fourth-order valence-corrected chi connectivity index (χ4v) is 3.15. The van der Waals surface area contributed by atoms with Crippen LogP contribution in [0, 0.1) is 0 Å². The molecule has 0 bridgehead atoms. The zero-order valence-electron chi connectivity index (χ0n) is 16.8. The summed E-state index contributed by atoms with van der Waals surface area (Å²) in [5.41, 5.74) is 2.08. The summed E-state index contributed by atoms with van der Waals surface area (Å²) in [5, 5.41) is 0. The Kier molecular flexibility index (Phi) is 7.53. The standard InChI is InChI=1S/C22H29NO4/c1-6-23(16(2)18-8-7-9-19(14-18)25-3)22(24)11-10-17-12-20(26-4)15-21(13-17)27-5/h7-9,12-16H,6,10-11H2,1-5H3. The average Bonchev–Trinajstić information content (AvgIpc) is 2.72. The minimum Gasteiger partial charge on any atom is -0.497 e. The van der Waals surface area contributed by atoms with E-state index in [9.17, 15) is 4.79 Å². The molecule has 1 amide bonds. The Morgan fingerprint density at radius 3 is 2.15 bits per heavy atom. The fourth-order valence-electron chi connectivity index (χ4n) is 3.15. The second-order valence-corrected chi connectivity index (χ2v) is 6.35. The number of nitrogens with zero attached hydrogens (tertiary/aromatic N) is 1. The number of carbonyl (C=O) groups excluding carboxylic acids is 1. The molecule has 0 radical (unpaired) electrons. The molecule has 2 aromatic rings. The van der Waals surface area contributed by atoms with Crippen LogP contribution in [-0.2, 0) is 11.2 Å². The van der Waals surface area contributed by atoms with Crippen molar-refractivity contribution in [1.82, 2.24) is 4.90 Å². The highest BCUT2D eigenvalue weighted by Gasteiger charge is 2.20. The summed E-state index contributed by atoms with van der Waals surface area (Å²) in [6.07, 6.45) is 1.06. The van der Waals surface area contributed by atoms with Crippen LogP contribution in [0.5, 0.6) is 17.2 Å². The first-order chi connectivity index (χ1) is 13.0. The van der Waals surface area contributed by atoms with Gasteiger partial charge < -0.3 is 19.1 Å². The highest BCUT2D eigenvalue weighted by molar-refractivity contribution is 5.77. The summed E-state index contributed by atoms with van der Waals surface area (Å²) in [6, 6.07) is 13.6. The third-order valence-corrected chi connectivity index (χ3v) is 4.74. The molecule has 2 rings (SSSR count). The third-order valence-electron chi connectivity index (χ3n) is 4.74. The van der Waals surface area contributed by atoms with Crippen LogP contribution in [0.15, 0.2) is 42.5 Å². The summed E-state index contributed by atoms with van der Waals surface area (Å²) in [5.74, 6) is 2.38. The number of hydrogen-bond donors (Lipinski definition) is 0. The monoisotopic (exact) mass is 371 g/mol. The molecule has 27 heavy (non-hydrogen) atoms.